The molecule has 0 saturated carbocycles. The number of pyridine rings is 1. The predicted octanol–water partition coefficient (Wildman–Crippen LogP) is 2.65. The van der Waals surface area contributed by atoms with E-state index in [0.29, 0.717) is 10.6 Å². The van der Waals surface area contributed by atoms with Crippen LogP contribution >= 0.6 is 23.2 Å². The van der Waals surface area contributed by atoms with Gasteiger partial charge in [-0.05, 0) is 29.8 Å². The molecule has 0 spiro atoms. The third-order valence-corrected chi connectivity index (χ3v) is 4.54. The van der Waals surface area contributed by atoms with Crippen LogP contribution in [0.15, 0.2) is 41.4 Å². The molecule has 106 valence electrons. The van der Waals surface area contributed by atoms with Crippen LogP contribution in [-0.2, 0) is 16.6 Å². The lowest BCUT2D eigenvalue weighted by atomic mass is 10.2. The van der Waals surface area contributed by atoms with Crippen LogP contribution in [0.2, 0.25) is 10.0 Å². The van der Waals surface area contributed by atoms with E-state index in [9.17, 15) is 8.42 Å². The van der Waals surface area contributed by atoms with Crippen LogP contribution in [0.25, 0.3) is 0 Å². The smallest absolute Gasteiger partial charge is 0.263 e. The summed E-state index contributed by atoms with van der Waals surface area (Å²) in [5.74, 6) is 0.0631. The number of nitrogens with two attached hydrogens (primary N) is 1. The van der Waals surface area contributed by atoms with Gasteiger partial charge >= 0.3 is 0 Å². The second kappa shape index (κ2) is 5.97. The highest BCUT2D eigenvalue weighted by molar-refractivity contribution is 7.92. The van der Waals surface area contributed by atoms with Crippen LogP contribution < -0.4 is 10.5 Å². The Morgan fingerprint density at radius 2 is 1.95 bits per heavy atom. The second-order valence-electron chi connectivity index (χ2n) is 3.90. The molecule has 1 heterocycles. The Morgan fingerprint density at radius 1 is 1.20 bits per heavy atom. The van der Waals surface area contributed by atoms with E-state index in [1.807, 2.05) is 0 Å². The molecule has 5 nitrogen and oxygen atoms in total. The van der Waals surface area contributed by atoms with Crippen LogP contribution in [-0.4, -0.2) is 13.4 Å². The molecule has 0 amide bonds. The largest absolute Gasteiger partial charge is 0.326 e. The predicted molar refractivity (Wildman–Crippen MR) is 79.4 cm³/mol. The maximum atomic E-state index is 12.2. The highest BCUT2D eigenvalue weighted by Gasteiger charge is 2.17. The number of benzene rings is 1. The molecule has 0 aliphatic heterocycles. The summed E-state index contributed by atoms with van der Waals surface area (Å²) in [6.07, 6.45) is 1.44. The van der Waals surface area contributed by atoms with Gasteiger partial charge in [-0.25, -0.2) is 13.4 Å². The number of halogens is 2. The first-order valence-corrected chi connectivity index (χ1v) is 7.80. The molecule has 2 rings (SSSR count). The van der Waals surface area contributed by atoms with Gasteiger partial charge in [0.15, 0.2) is 5.82 Å². The number of rotatable bonds is 4. The van der Waals surface area contributed by atoms with Gasteiger partial charge in [0.25, 0.3) is 10.0 Å². The fourth-order valence-electron chi connectivity index (χ4n) is 1.51. The van der Waals surface area contributed by atoms with Crippen molar-refractivity contribution < 1.29 is 8.42 Å². The van der Waals surface area contributed by atoms with Crippen LogP contribution in [0.3, 0.4) is 0 Å². The quantitative estimate of drug-likeness (QED) is 0.901. The van der Waals surface area contributed by atoms with Crippen molar-refractivity contribution in [2.24, 2.45) is 5.73 Å². The summed E-state index contributed by atoms with van der Waals surface area (Å²) in [7, 11) is -3.81. The summed E-state index contributed by atoms with van der Waals surface area (Å²) in [6.45, 7) is 0.235. The number of anilines is 1. The van der Waals surface area contributed by atoms with Crippen LogP contribution in [0, 0.1) is 0 Å². The van der Waals surface area contributed by atoms with E-state index in [2.05, 4.69) is 9.71 Å². The number of nitrogens with zero attached hydrogens (tertiary/aromatic N) is 1. The van der Waals surface area contributed by atoms with Gasteiger partial charge < -0.3 is 5.73 Å². The topological polar surface area (TPSA) is 85.1 Å². The summed E-state index contributed by atoms with van der Waals surface area (Å²) in [5, 5.41) is 0.503. The molecular weight excluding hydrogens is 321 g/mol. The number of sulfonamides is 1. The van der Waals surface area contributed by atoms with Gasteiger partial charge in [-0.2, -0.15) is 0 Å². The van der Waals surface area contributed by atoms with Gasteiger partial charge in [0.1, 0.15) is 0 Å². The van der Waals surface area contributed by atoms with E-state index >= 15 is 0 Å². The minimum absolute atomic E-state index is 0.0152. The zero-order valence-corrected chi connectivity index (χ0v) is 12.5. The Balaban J connectivity index is 2.36. The monoisotopic (exact) mass is 331 g/mol. The van der Waals surface area contributed by atoms with Crippen molar-refractivity contribution in [3.63, 3.8) is 0 Å². The lowest BCUT2D eigenvalue weighted by Gasteiger charge is -2.10. The SMILES string of the molecule is NCc1ccc(S(=O)(=O)Nc2ncccc2Cl)cc1Cl. The molecular formula is C12H11Cl2N3O2S. The van der Waals surface area contributed by atoms with E-state index < -0.39 is 10.0 Å². The van der Waals surface area contributed by atoms with Crippen molar-refractivity contribution in [3.8, 4) is 0 Å². The number of hydrogen-bond donors (Lipinski definition) is 2. The van der Waals surface area contributed by atoms with Gasteiger partial charge in [0.2, 0.25) is 0 Å². The van der Waals surface area contributed by atoms with Crippen LogP contribution in [0.1, 0.15) is 5.56 Å². The summed E-state index contributed by atoms with van der Waals surface area (Å²) >= 11 is 11.8. The number of nitrogens with one attached hydrogen (secondary N) is 1. The van der Waals surface area contributed by atoms with Crippen molar-refractivity contribution in [2.75, 3.05) is 4.72 Å². The Labute approximate surface area is 126 Å². The minimum atomic E-state index is -3.81. The van der Waals surface area contributed by atoms with Crippen molar-refractivity contribution >= 4 is 39.0 Å². The summed E-state index contributed by atoms with van der Waals surface area (Å²) in [5.41, 5.74) is 6.14. The third-order valence-electron chi connectivity index (χ3n) is 2.54. The molecule has 0 aliphatic rings. The van der Waals surface area contributed by atoms with Crippen molar-refractivity contribution in [1.29, 1.82) is 0 Å². The van der Waals surface area contributed by atoms with Crippen molar-refractivity contribution in [3.05, 3.63) is 52.1 Å². The Morgan fingerprint density at radius 3 is 2.55 bits per heavy atom. The van der Waals surface area contributed by atoms with Gasteiger partial charge in [-0.1, -0.05) is 29.3 Å². The van der Waals surface area contributed by atoms with E-state index in [4.69, 9.17) is 28.9 Å². The zero-order chi connectivity index (χ0) is 14.8. The lowest BCUT2D eigenvalue weighted by molar-refractivity contribution is 0.601. The maximum absolute atomic E-state index is 12.2. The van der Waals surface area contributed by atoms with Gasteiger partial charge in [0, 0.05) is 17.8 Å². The Hall–Kier alpha value is -1.34. The molecule has 2 aromatic rings. The van der Waals surface area contributed by atoms with Gasteiger partial charge in [-0.15, -0.1) is 0 Å². The maximum Gasteiger partial charge on any atom is 0.263 e. The highest BCUT2D eigenvalue weighted by atomic mass is 35.5. The zero-order valence-electron chi connectivity index (χ0n) is 10.2. The summed E-state index contributed by atoms with van der Waals surface area (Å²) in [4.78, 5) is 3.89. The minimum Gasteiger partial charge on any atom is -0.326 e. The first-order chi connectivity index (χ1) is 9.44. The molecule has 0 bridgehead atoms. The molecule has 0 atom stereocenters. The van der Waals surface area contributed by atoms with Crippen molar-refractivity contribution in [2.45, 2.75) is 11.4 Å². The molecule has 0 saturated heterocycles. The summed E-state index contributed by atoms with van der Waals surface area (Å²) < 4.78 is 26.7. The summed E-state index contributed by atoms with van der Waals surface area (Å²) in [6, 6.07) is 7.47. The normalized spacial score (nSPS) is 11.3. The third kappa shape index (κ3) is 3.21. The van der Waals surface area contributed by atoms with E-state index in [1.54, 1.807) is 12.1 Å². The molecule has 20 heavy (non-hydrogen) atoms. The second-order valence-corrected chi connectivity index (χ2v) is 6.39. The first-order valence-electron chi connectivity index (χ1n) is 5.56. The lowest BCUT2D eigenvalue weighted by Crippen LogP contribution is -2.14. The average Bonchev–Trinajstić information content (AvgIpc) is 2.41. The van der Waals surface area contributed by atoms with Gasteiger partial charge in [0.05, 0.1) is 9.92 Å². The molecule has 0 radical (unpaired) electrons. The molecule has 3 N–H and O–H groups in total. The highest BCUT2D eigenvalue weighted by Crippen LogP contribution is 2.24. The Bertz CT molecular complexity index is 735. The molecule has 8 heteroatoms. The molecule has 1 aromatic carbocycles. The molecule has 0 unspecified atom stereocenters. The van der Waals surface area contributed by atoms with Crippen LogP contribution in [0.5, 0.6) is 0 Å². The van der Waals surface area contributed by atoms with E-state index in [1.165, 1.54) is 24.4 Å². The fraction of sp³-hybridized carbons (Fsp3) is 0.0833. The molecule has 0 aliphatic carbocycles. The first kappa shape index (κ1) is 15.1. The number of aromatic nitrogens is 1. The fourth-order valence-corrected chi connectivity index (χ4v) is 3.11. The van der Waals surface area contributed by atoms with Crippen molar-refractivity contribution in [1.82, 2.24) is 4.98 Å². The Kier molecular flexibility index (Phi) is 4.49. The molecule has 0 fully saturated rings. The standard InChI is InChI=1S/C12H11Cl2N3O2S/c13-10-2-1-5-16-12(10)17-20(18,19)9-4-3-8(7-15)11(14)6-9/h1-6H,7,15H2,(H,16,17). The molecule has 1 aromatic heterocycles. The van der Waals surface area contributed by atoms with Gasteiger partial charge in [-0.3, -0.25) is 4.72 Å². The number of hydrogen-bond acceptors (Lipinski definition) is 4. The van der Waals surface area contributed by atoms with E-state index in [0.717, 1.165) is 0 Å². The van der Waals surface area contributed by atoms with Crippen LogP contribution in [0.4, 0.5) is 5.82 Å². The average molecular weight is 332 g/mol. The van der Waals surface area contributed by atoms with E-state index in [-0.39, 0.29) is 22.3 Å².